The zero-order chi connectivity index (χ0) is 18.4. The second kappa shape index (κ2) is 8.86. The van der Waals surface area contributed by atoms with Gasteiger partial charge in [-0.1, -0.05) is 35.5 Å². The van der Waals surface area contributed by atoms with Gasteiger partial charge in [0.05, 0.1) is 11.5 Å². The van der Waals surface area contributed by atoms with E-state index in [1.807, 2.05) is 53.3 Å². The molecule has 2 aromatic heterocycles. The van der Waals surface area contributed by atoms with E-state index in [0.717, 1.165) is 27.4 Å². The van der Waals surface area contributed by atoms with Gasteiger partial charge in [-0.2, -0.15) is 0 Å². The van der Waals surface area contributed by atoms with Crippen molar-refractivity contribution in [3.8, 4) is 16.5 Å². The molecule has 0 unspecified atom stereocenters. The number of carbonyl (C=O) groups excluding carboxylic acids is 1. The van der Waals surface area contributed by atoms with E-state index >= 15 is 0 Å². The fraction of sp³-hybridized carbons (Fsp3) is 0.278. The molecule has 0 fully saturated rings. The highest BCUT2D eigenvalue weighted by Gasteiger charge is 2.15. The van der Waals surface area contributed by atoms with Gasteiger partial charge in [-0.3, -0.25) is 4.79 Å². The van der Waals surface area contributed by atoms with Gasteiger partial charge in [0.25, 0.3) is 0 Å². The van der Waals surface area contributed by atoms with Crippen LogP contribution < -0.4 is 10.5 Å². The first kappa shape index (κ1) is 18.5. The van der Waals surface area contributed by atoms with Gasteiger partial charge in [-0.15, -0.1) is 21.5 Å². The van der Waals surface area contributed by atoms with Gasteiger partial charge in [0.15, 0.2) is 11.0 Å². The number of carbonyl (C=O) groups is 1. The number of aryl methyl sites for hydroxylation is 1. The first-order chi connectivity index (χ1) is 12.6. The van der Waals surface area contributed by atoms with E-state index in [9.17, 15) is 4.79 Å². The lowest BCUT2D eigenvalue weighted by Gasteiger charge is -2.09. The quantitative estimate of drug-likeness (QED) is 0.449. The monoisotopic (exact) mass is 388 g/mol. The van der Waals surface area contributed by atoms with Crippen molar-refractivity contribution in [3.63, 3.8) is 0 Å². The summed E-state index contributed by atoms with van der Waals surface area (Å²) in [5.41, 5.74) is 6.51. The number of hydrogen-bond donors (Lipinski definition) is 1. The smallest absolute Gasteiger partial charge is 0.219 e. The fourth-order valence-corrected chi connectivity index (χ4v) is 3.83. The highest BCUT2D eigenvalue weighted by atomic mass is 32.2. The molecule has 26 heavy (non-hydrogen) atoms. The lowest BCUT2D eigenvalue weighted by atomic mass is 10.2. The lowest BCUT2D eigenvalue weighted by molar-refractivity contribution is -0.118. The maximum absolute atomic E-state index is 11.2. The van der Waals surface area contributed by atoms with Crippen LogP contribution in [0.1, 0.15) is 12.0 Å². The molecule has 0 atom stereocenters. The molecule has 0 aliphatic heterocycles. The third-order valence-corrected chi connectivity index (χ3v) is 5.44. The second-order valence-corrected chi connectivity index (χ2v) is 7.67. The average molecular weight is 389 g/mol. The first-order valence-corrected chi connectivity index (χ1v) is 10.1. The molecule has 0 saturated heterocycles. The number of aromatic nitrogens is 3. The summed E-state index contributed by atoms with van der Waals surface area (Å²) < 4.78 is 7.70. The van der Waals surface area contributed by atoms with E-state index in [1.165, 1.54) is 5.56 Å². The lowest BCUT2D eigenvalue weighted by Crippen LogP contribution is -2.15. The summed E-state index contributed by atoms with van der Waals surface area (Å²) in [7, 11) is 0. The number of thioether (sulfide) groups is 1. The number of primary amides is 1. The highest BCUT2D eigenvalue weighted by Crippen LogP contribution is 2.27. The van der Waals surface area contributed by atoms with Crippen LogP contribution in [0.5, 0.6) is 5.75 Å². The van der Waals surface area contributed by atoms with Crippen LogP contribution in [0.25, 0.3) is 10.7 Å². The Morgan fingerprint density at radius 2 is 2.08 bits per heavy atom. The molecule has 2 N–H and O–H groups in total. The molecule has 0 aliphatic rings. The summed E-state index contributed by atoms with van der Waals surface area (Å²) in [4.78, 5) is 12.2. The number of benzene rings is 1. The summed E-state index contributed by atoms with van der Waals surface area (Å²) in [5.74, 6) is 2.01. The number of amides is 1. The summed E-state index contributed by atoms with van der Waals surface area (Å²) >= 11 is 3.15. The van der Waals surface area contributed by atoms with Gasteiger partial charge in [0.1, 0.15) is 5.75 Å². The SMILES string of the molecule is Cc1ccc(OCCSc2nnc(-c3cccs3)n2CCC(N)=O)cc1. The van der Waals surface area contributed by atoms with Crippen molar-refractivity contribution in [2.24, 2.45) is 5.73 Å². The highest BCUT2D eigenvalue weighted by molar-refractivity contribution is 7.99. The minimum Gasteiger partial charge on any atom is -0.493 e. The molecule has 136 valence electrons. The third kappa shape index (κ3) is 4.86. The van der Waals surface area contributed by atoms with Crippen LogP contribution in [0.2, 0.25) is 0 Å². The van der Waals surface area contributed by atoms with Crippen molar-refractivity contribution in [1.82, 2.24) is 14.8 Å². The van der Waals surface area contributed by atoms with Crippen molar-refractivity contribution < 1.29 is 9.53 Å². The van der Waals surface area contributed by atoms with Crippen LogP contribution in [-0.4, -0.2) is 33.0 Å². The summed E-state index contributed by atoms with van der Waals surface area (Å²) in [6, 6.07) is 11.9. The molecule has 3 rings (SSSR count). The van der Waals surface area contributed by atoms with Gasteiger partial charge < -0.3 is 15.0 Å². The summed E-state index contributed by atoms with van der Waals surface area (Å²) in [5, 5.41) is 11.3. The Morgan fingerprint density at radius 1 is 1.27 bits per heavy atom. The Morgan fingerprint density at radius 3 is 2.77 bits per heavy atom. The minimum absolute atomic E-state index is 0.254. The zero-order valence-electron chi connectivity index (χ0n) is 14.4. The molecule has 2 heterocycles. The molecule has 6 nitrogen and oxygen atoms in total. The maximum Gasteiger partial charge on any atom is 0.219 e. The number of ether oxygens (including phenoxy) is 1. The zero-order valence-corrected chi connectivity index (χ0v) is 16.1. The van der Waals surface area contributed by atoms with E-state index in [-0.39, 0.29) is 12.3 Å². The molecule has 8 heteroatoms. The molecular weight excluding hydrogens is 368 g/mol. The number of nitrogens with zero attached hydrogens (tertiary/aromatic N) is 3. The Hall–Kier alpha value is -2.32. The second-order valence-electron chi connectivity index (χ2n) is 5.66. The van der Waals surface area contributed by atoms with Crippen molar-refractivity contribution in [1.29, 1.82) is 0 Å². The van der Waals surface area contributed by atoms with Gasteiger partial charge in [0.2, 0.25) is 5.91 Å². The molecule has 0 radical (unpaired) electrons. The van der Waals surface area contributed by atoms with Crippen LogP contribution >= 0.6 is 23.1 Å². The van der Waals surface area contributed by atoms with Gasteiger partial charge in [-0.25, -0.2) is 0 Å². The predicted octanol–water partition coefficient (Wildman–Crippen LogP) is 3.36. The van der Waals surface area contributed by atoms with E-state index in [1.54, 1.807) is 23.1 Å². The van der Waals surface area contributed by atoms with E-state index in [2.05, 4.69) is 10.2 Å². The largest absolute Gasteiger partial charge is 0.493 e. The Labute approximate surface area is 160 Å². The molecule has 1 amide bonds. The molecular formula is C18H20N4O2S2. The van der Waals surface area contributed by atoms with E-state index in [4.69, 9.17) is 10.5 Å². The van der Waals surface area contributed by atoms with Crippen LogP contribution in [0.3, 0.4) is 0 Å². The predicted molar refractivity (Wildman–Crippen MR) is 105 cm³/mol. The maximum atomic E-state index is 11.2. The van der Waals surface area contributed by atoms with Crippen LogP contribution in [-0.2, 0) is 11.3 Å². The topological polar surface area (TPSA) is 83.0 Å². The van der Waals surface area contributed by atoms with E-state index in [0.29, 0.717) is 13.2 Å². The molecule has 3 aromatic rings. The van der Waals surface area contributed by atoms with Crippen LogP contribution in [0.4, 0.5) is 0 Å². The third-order valence-electron chi connectivity index (χ3n) is 3.64. The average Bonchev–Trinajstić information content (AvgIpc) is 3.28. The molecule has 0 bridgehead atoms. The van der Waals surface area contributed by atoms with Gasteiger partial charge >= 0.3 is 0 Å². The van der Waals surface area contributed by atoms with E-state index < -0.39 is 0 Å². The van der Waals surface area contributed by atoms with Crippen molar-refractivity contribution in [3.05, 3.63) is 47.3 Å². The number of nitrogens with two attached hydrogens (primary N) is 1. The Kier molecular flexibility index (Phi) is 6.30. The summed E-state index contributed by atoms with van der Waals surface area (Å²) in [6.45, 7) is 3.07. The summed E-state index contributed by atoms with van der Waals surface area (Å²) in [6.07, 6.45) is 0.254. The first-order valence-electron chi connectivity index (χ1n) is 8.21. The molecule has 1 aromatic carbocycles. The number of thiophene rings is 1. The van der Waals surface area contributed by atoms with Crippen LogP contribution in [0, 0.1) is 6.92 Å². The Balaban J connectivity index is 1.63. The standard InChI is InChI=1S/C18H20N4O2S2/c1-13-4-6-14(7-5-13)24-10-12-26-18-21-20-17(15-3-2-11-25-15)22(18)9-8-16(19)23/h2-7,11H,8-10,12H2,1H3,(H2,19,23). The fourth-order valence-electron chi connectivity index (χ4n) is 2.33. The van der Waals surface area contributed by atoms with Crippen molar-refractivity contribution in [2.45, 2.75) is 25.0 Å². The normalized spacial score (nSPS) is 10.8. The molecule has 0 spiro atoms. The molecule has 0 aliphatic carbocycles. The van der Waals surface area contributed by atoms with Gasteiger partial charge in [0, 0.05) is 18.7 Å². The molecule has 0 saturated carbocycles. The van der Waals surface area contributed by atoms with Gasteiger partial charge in [-0.05, 0) is 30.5 Å². The Bertz CT molecular complexity index is 845. The minimum atomic E-state index is -0.338. The van der Waals surface area contributed by atoms with Crippen molar-refractivity contribution in [2.75, 3.05) is 12.4 Å². The number of rotatable bonds is 9. The number of hydrogen-bond acceptors (Lipinski definition) is 6. The van der Waals surface area contributed by atoms with Crippen molar-refractivity contribution >= 4 is 29.0 Å². The van der Waals surface area contributed by atoms with Crippen LogP contribution in [0.15, 0.2) is 46.9 Å².